The second-order valence-corrected chi connectivity index (χ2v) is 6.92. The molecule has 0 unspecified atom stereocenters. The first-order chi connectivity index (χ1) is 9.06. The third kappa shape index (κ3) is 2.33. The molecule has 104 valence electrons. The predicted molar refractivity (Wildman–Crippen MR) is 76.8 cm³/mol. The van der Waals surface area contributed by atoms with Crippen LogP contribution in [-0.2, 0) is 7.05 Å². The highest BCUT2D eigenvalue weighted by molar-refractivity contribution is 9.10. The van der Waals surface area contributed by atoms with Gasteiger partial charge in [0.2, 0.25) is 0 Å². The molecule has 1 amide bonds. The molecular weight excluding hydrogens is 306 g/mol. The molecule has 4 nitrogen and oxygen atoms in total. The van der Waals surface area contributed by atoms with Crippen molar-refractivity contribution in [3.05, 3.63) is 16.4 Å². The van der Waals surface area contributed by atoms with Gasteiger partial charge in [-0.3, -0.25) is 9.48 Å². The molecule has 3 rings (SSSR count). The number of aryl methyl sites for hydroxylation is 1. The Balaban J connectivity index is 1.67. The van der Waals surface area contributed by atoms with Crippen LogP contribution in [0.3, 0.4) is 0 Å². The number of carbonyl (C=O) groups excluding carboxylic acids is 1. The zero-order valence-corrected chi connectivity index (χ0v) is 13.0. The highest BCUT2D eigenvalue weighted by Crippen LogP contribution is 2.49. The number of hydrogen-bond donors (Lipinski definition) is 1. The topological polar surface area (TPSA) is 46.9 Å². The number of aromatic nitrogens is 2. The molecule has 0 aromatic carbocycles. The summed E-state index contributed by atoms with van der Waals surface area (Å²) in [6.07, 6.45) is 7.08. The van der Waals surface area contributed by atoms with Crippen molar-refractivity contribution in [3.63, 3.8) is 0 Å². The lowest BCUT2D eigenvalue weighted by Gasteiger charge is -2.28. The SMILES string of the molecule is C[C@@H](NC(=O)c1c(Br)cnn1C)[C@@H]1C[C@@H]2CC[C@@H]1C2. The van der Waals surface area contributed by atoms with Crippen LogP contribution in [0.15, 0.2) is 10.7 Å². The molecule has 2 bridgehead atoms. The molecule has 1 aromatic rings. The van der Waals surface area contributed by atoms with Gasteiger partial charge in [-0.15, -0.1) is 0 Å². The summed E-state index contributed by atoms with van der Waals surface area (Å²) in [6, 6.07) is 0.254. The van der Waals surface area contributed by atoms with Crippen molar-refractivity contribution in [2.24, 2.45) is 24.8 Å². The van der Waals surface area contributed by atoms with Crippen molar-refractivity contribution in [2.45, 2.75) is 38.6 Å². The van der Waals surface area contributed by atoms with Gasteiger partial charge in [0, 0.05) is 13.1 Å². The lowest BCUT2D eigenvalue weighted by atomic mass is 9.84. The zero-order valence-electron chi connectivity index (χ0n) is 11.4. The summed E-state index contributed by atoms with van der Waals surface area (Å²) in [5, 5.41) is 7.25. The van der Waals surface area contributed by atoms with E-state index in [0.29, 0.717) is 11.6 Å². The normalized spacial score (nSPS) is 30.6. The minimum absolute atomic E-state index is 0.0258. The average Bonchev–Trinajstić information content (AvgIpc) is 3.05. The van der Waals surface area contributed by atoms with Gasteiger partial charge in [0.25, 0.3) is 5.91 Å². The van der Waals surface area contributed by atoms with Crippen LogP contribution in [0.4, 0.5) is 0 Å². The van der Waals surface area contributed by atoms with Gasteiger partial charge in [0.1, 0.15) is 5.69 Å². The zero-order chi connectivity index (χ0) is 13.6. The molecule has 0 radical (unpaired) electrons. The van der Waals surface area contributed by atoms with Crippen molar-refractivity contribution >= 4 is 21.8 Å². The predicted octanol–water partition coefficient (Wildman–Crippen LogP) is 2.74. The summed E-state index contributed by atoms with van der Waals surface area (Å²) in [5.74, 6) is 2.38. The summed E-state index contributed by atoms with van der Waals surface area (Å²) in [5.41, 5.74) is 0.606. The van der Waals surface area contributed by atoms with E-state index in [-0.39, 0.29) is 11.9 Å². The van der Waals surface area contributed by atoms with Crippen LogP contribution in [-0.4, -0.2) is 21.7 Å². The second-order valence-electron chi connectivity index (χ2n) is 6.07. The Kier molecular flexibility index (Phi) is 3.41. The fourth-order valence-corrected chi connectivity index (χ4v) is 4.48. The lowest BCUT2D eigenvalue weighted by molar-refractivity contribution is 0.0905. The van der Waals surface area contributed by atoms with Gasteiger partial charge >= 0.3 is 0 Å². The highest BCUT2D eigenvalue weighted by Gasteiger charge is 2.42. The molecule has 2 fully saturated rings. The van der Waals surface area contributed by atoms with Crippen LogP contribution in [0.5, 0.6) is 0 Å². The van der Waals surface area contributed by atoms with E-state index in [9.17, 15) is 4.79 Å². The number of nitrogens with zero attached hydrogens (tertiary/aromatic N) is 2. The Bertz CT molecular complexity index is 479. The van der Waals surface area contributed by atoms with Crippen LogP contribution < -0.4 is 5.32 Å². The second kappa shape index (κ2) is 4.93. The first kappa shape index (κ1) is 13.2. The molecule has 2 aliphatic rings. The molecule has 5 heteroatoms. The van der Waals surface area contributed by atoms with Crippen molar-refractivity contribution in [1.82, 2.24) is 15.1 Å². The maximum atomic E-state index is 12.3. The van der Waals surface area contributed by atoms with Gasteiger partial charge in [0.05, 0.1) is 10.7 Å². The molecule has 1 heterocycles. The summed E-state index contributed by atoms with van der Waals surface area (Å²) < 4.78 is 2.38. The van der Waals surface area contributed by atoms with Crippen LogP contribution in [0.1, 0.15) is 43.1 Å². The van der Waals surface area contributed by atoms with Crippen molar-refractivity contribution in [3.8, 4) is 0 Å². The van der Waals surface area contributed by atoms with Crippen LogP contribution in [0.2, 0.25) is 0 Å². The summed E-state index contributed by atoms with van der Waals surface area (Å²) in [4.78, 5) is 12.3. The number of hydrogen-bond acceptors (Lipinski definition) is 2. The molecular formula is C14H20BrN3O. The minimum Gasteiger partial charge on any atom is -0.348 e. The molecule has 0 spiro atoms. The number of carbonyl (C=O) groups is 1. The Morgan fingerprint density at radius 3 is 2.84 bits per heavy atom. The molecule has 4 atom stereocenters. The standard InChI is InChI=1S/C14H20BrN3O/c1-8(11-6-9-3-4-10(11)5-9)17-14(19)13-12(15)7-16-18(13)2/h7-11H,3-6H2,1-2H3,(H,17,19)/t8-,9-,10-,11+/m1/s1. The summed E-state index contributed by atoms with van der Waals surface area (Å²) in [7, 11) is 1.79. The van der Waals surface area contributed by atoms with Gasteiger partial charge in [-0.2, -0.15) is 5.10 Å². The largest absolute Gasteiger partial charge is 0.348 e. The van der Waals surface area contributed by atoms with Crippen molar-refractivity contribution < 1.29 is 4.79 Å². The summed E-state index contributed by atoms with van der Waals surface area (Å²) in [6.45, 7) is 2.15. The van der Waals surface area contributed by atoms with Crippen LogP contribution >= 0.6 is 15.9 Å². The third-order valence-electron chi connectivity index (χ3n) is 4.90. The Morgan fingerprint density at radius 2 is 2.32 bits per heavy atom. The van der Waals surface area contributed by atoms with Crippen molar-refractivity contribution in [1.29, 1.82) is 0 Å². The smallest absolute Gasteiger partial charge is 0.270 e. The minimum atomic E-state index is -0.0258. The van der Waals surface area contributed by atoms with E-state index in [4.69, 9.17) is 0 Å². The molecule has 1 aromatic heterocycles. The number of fused-ring (bicyclic) bond motifs is 2. The molecule has 1 N–H and O–H groups in total. The van der Waals surface area contributed by atoms with E-state index < -0.39 is 0 Å². The quantitative estimate of drug-likeness (QED) is 0.928. The van der Waals surface area contributed by atoms with Gasteiger partial charge in [-0.1, -0.05) is 6.42 Å². The van der Waals surface area contributed by atoms with E-state index in [1.54, 1.807) is 17.9 Å². The van der Waals surface area contributed by atoms with E-state index >= 15 is 0 Å². The molecule has 19 heavy (non-hydrogen) atoms. The maximum absolute atomic E-state index is 12.3. The number of halogens is 1. The third-order valence-corrected chi connectivity index (χ3v) is 5.48. The van der Waals surface area contributed by atoms with Crippen LogP contribution in [0.25, 0.3) is 0 Å². The average molecular weight is 326 g/mol. The Labute approximate surface area is 122 Å². The van der Waals surface area contributed by atoms with Crippen LogP contribution in [0, 0.1) is 17.8 Å². The van der Waals surface area contributed by atoms with Gasteiger partial charge in [-0.05, 0) is 59.9 Å². The first-order valence-corrected chi connectivity index (χ1v) is 7.84. The number of rotatable bonds is 3. The van der Waals surface area contributed by atoms with Gasteiger partial charge < -0.3 is 5.32 Å². The Morgan fingerprint density at radius 1 is 1.53 bits per heavy atom. The lowest BCUT2D eigenvalue weighted by Crippen LogP contribution is -2.40. The Hall–Kier alpha value is -0.840. The number of amides is 1. The molecule has 2 saturated carbocycles. The highest BCUT2D eigenvalue weighted by atomic mass is 79.9. The van der Waals surface area contributed by atoms with E-state index in [1.165, 1.54) is 25.7 Å². The fourth-order valence-electron chi connectivity index (χ4n) is 3.95. The van der Waals surface area contributed by atoms with Gasteiger partial charge in [-0.25, -0.2) is 0 Å². The van der Waals surface area contributed by atoms with Gasteiger partial charge in [0.15, 0.2) is 0 Å². The van der Waals surface area contributed by atoms with E-state index in [0.717, 1.165) is 16.3 Å². The molecule has 2 aliphatic carbocycles. The van der Waals surface area contributed by atoms with Crippen molar-refractivity contribution in [2.75, 3.05) is 0 Å². The van der Waals surface area contributed by atoms with E-state index in [2.05, 4.69) is 33.3 Å². The fraction of sp³-hybridized carbons (Fsp3) is 0.714. The molecule has 0 aliphatic heterocycles. The monoisotopic (exact) mass is 325 g/mol. The number of nitrogens with one attached hydrogen (secondary N) is 1. The summed E-state index contributed by atoms with van der Waals surface area (Å²) >= 11 is 3.38. The van der Waals surface area contributed by atoms with E-state index in [1.807, 2.05) is 0 Å². The molecule has 0 saturated heterocycles. The first-order valence-electron chi connectivity index (χ1n) is 7.04. The maximum Gasteiger partial charge on any atom is 0.270 e.